The van der Waals surface area contributed by atoms with Gasteiger partial charge in [-0.2, -0.15) is 4.98 Å². The van der Waals surface area contributed by atoms with Gasteiger partial charge in [0.2, 0.25) is 5.88 Å². The number of pyridine rings is 1. The van der Waals surface area contributed by atoms with Crippen molar-refractivity contribution < 1.29 is 14.2 Å². The molecule has 2 aromatic rings. The normalized spacial score (nSPS) is 17.0. The summed E-state index contributed by atoms with van der Waals surface area (Å²) in [6.07, 6.45) is 4.17. The van der Waals surface area contributed by atoms with Crippen LogP contribution in [0.1, 0.15) is 12.0 Å². The van der Waals surface area contributed by atoms with Crippen molar-refractivity contribution >= 4 is 17.4 Å². The van der Waals surface area contributed by atoms with Crippen LogP contribution < -0.4 is 14.8 Å². The average molecular weight is 337 g/mol. The van der Waals surface area contributed by atoms with E-state index >= 15 is 0 Å². The zero-order chi connectivity index (χ0) is 16.1. The van der Waals surface area contributed by atoms with Crippen LogP contribution in [0.4, 0.5) is 5.82 Å². The van der Waals surface area contributed by atoms with E-state index in [0.29, 0.717) is 29.9 Å². The second-order valence-corrected chi connectivity index (χ2v) is 5.42. The van der Waals surface area contributed by atoms with Crippen LogP contribution in [0.2, 0.25) is 5.02 Å². The average Bonchev–Trinajstić information content (AvgIpc) is 3.07. The summed E-state index contributed by atoms with van der Waals surface area (Å²) in [6.45, 7) is 1.88. The van der Waals surface area contributed by atoms with E-state index in [0.717, 1.165) is 18.6 Å². The maximum atomic E-state index is 6.07. The number of halogens is 1. The summed E-state index contributed by atoms with van der Waals surface area (Å²) < 4.78 is 16.1. The summed E-state index contributed by atoms with van der Waals surface area (Å²) >= 11 is 6.07. The summed E-state index contributed by atoms with van der Waals surface area (Å²) in [7, 11) is 1.51. The van der Waals surface area contributed by atoms with Crippen LogP contribution in [0.3, 0.4) is 0 Å². The van der Waals surface area contributed by atoms with Crippen molar-refractivity contribution in [2.75, 3.05) is 25.6 Å². The summed E-state index contributed by atoms with van der Waals surface area (Å²) in [5.41, 5.74) is 1.00. The van der Waals surface area contributed by atoms with Crippen LogP contribution in [0.5, 0.6) is 11.9 Å². The third kappa shape index (κ3) is 4.20. The number of rotatable bonds is 6. The smallest absolute Gasteiger partial charge is 0.318 e. The highest BCUT2D eigenvalue weighted by Crippen LogP contribution is 2.21. The van der Waals surface area contributed by atoms with E-state index in [1.807, 2.05) is 12.1 Å². The Balaban J connectivity index is 1.63. The van der Waals surface area contributed by atoms with Gasteiger partial charge in [-0.3, -0.25) is 0 Å². The number of ether oxygens (including phenoxy) is 3. The van der Waals surface area contributed by atoms with Crippen molar-refractivity contribution in [2.24, 2.45) is 0 Å². The first-order chi connectivity index (χ1) is 11.2. The maximum Gasteiger partial charge on any atom is 0.318 e. The molecular formula is C15H17ClN4O3. The molecule has 0 bridgehead atoms. The zero-order valence-corrected chi connectivity index (χ0v) is 13.4. The lowest BCUT2D eigenvalue weighted by molar-refractivity contribution is 0.138. The van der Waals surface area contributed by atoms with E-state index in [9.17, 15) is 0 Å². The van der Waals surface area contributed by atoms with Gasteiger partial charge in [-0.15, -0.1) is 0 Å². The maximum absolute atomic E-state index is 6.07. The van der Waals surface area contributed by atoms with E-state index in [4.69, 9.17) is 25.8 Å². The van der Waals surface area contributed by atoms with Crippen molar-refractivity contribution in [1.29, 1.82) is 0 Å². The SMILES string of the molecule is COc1ncc(Cl)c(NCc2ccnc(OC3CCOC3)c2)n1. The third-order valence-electron chi connectivity index (χ3n) is 3.34. The van der Waals surface area contributed by atoms with Crippen LogP contribution >= 0.6 is 11.6 Å². The quantitative estimate of drug-likeness (QED) is 0.867. The molecule has 0 spiro atoms. The first-order valence-electron chi connectivity index (χ1n) is 7.24. The van der Waals surface area contributed by atoms with Gasteiger partial charge in [0.1, 0.15) is 11.1 Å². The van der Waals surface area contributed by atoms with Crippen molar-refractivity contribution in [3.8, 4) is 11.9 Å². The van der Waals surface area contributed by atoms with E-state index in [1.54, 1.807) is 6.20 Å². The Morgan fingerprint density at radius 3 is 3.13 bits per heavy atom. The highest BCUT2D eigenvalue weighted by Gasteiger charge is 2.17. The molecule has 1 fully saturated rings. The Bertz CT molecular complexity index is 665. The number of nitrogens with one attached hydrogen (secondary N) is 1. The monoisotopic (exact) mass is 336 g/mol. The van der Waals surface area contributed by atoms with Gasteiger partial charge >= 0.3 is 6.01 Å². The number of hydrogen-bond acceptors (Lipinski definition) is 7. The molecule has 2 aromatic heterocycles. The number of hydrogen-bond donors (Lipinski definition) is 1. The molecule has 8 heteroatoms. The van der Waals surface area contributed by atoms with Gasteiger partial charge in [-0.1, -0.05) is 11.6 Å². The molecule has 3 rings (SSSR count). The van der Waals surface area contributed by atoms with Gasteiger partial charge in [0, 0.05) is 25.2 Å². The Morgan fingerprint density at radius 2 is 2.35 bits per heavy atom. The van der Waals surface area contributed by atoms with Gasteiger partial charge in [-0.05, 0) is 11.6 Å². The molecule has 7 nitrogen and oxygen atoms in total. The first-order valence-corrected chi connectivity index (χ1v) is 7.62. The standard InChI is InChI=1S/C15H17ClN4O3/c1-21-15-19-8-12(16)14(20-15)18-7-10-2-4-17-13(6-10)23-11-3-5-22-9-11/h2,4,6,8,11H,3,5,7,9H2,1H3,(H,18,19,20). The molecule has 0 aliphatic carbocycles. The lowest BCUT2D eigenvalue weighted by Gasteiger charge is -2.12. The van der Waals surface area contributed by atoms with Gasteiger partial charge in [-0.25, -0.2) is 9.97 Å². The topological polar surface area (TPSA) is 78.4 Å². The molecule has 0 aromatic carbocycles. The Labute approximate surface area is 139 Å². The molecule has 1 unspecified atom stereocenters. The number of aromatic nitrogens is 3. The summed E-state index contributed by atoms with van der Waals surface area (Å²) in [6, 6.07) is 4.05. The number of methoxy groups -OCH3 is 1. The van der Waals surface area contributed by atoms with Crippen molar-refractivity contribution in [3.05, 3.63) is 35.1 Å². The molecule has 1 atom stereocenters. The molecule has 0 saturated carbocycles. The zero-order valence-electron chi connectivity index (χ0n) is 12.7. The number of nitrogens with zero attached hydrogens (tertiary/aromatic N) is 3. The molecule has 3 heterocycles. The fraction of sp³-hybridized carbons (Fsp3) is 0.400. The van der Waals surface area contributed by atoms with Gasteiger partial charge in [0.05, 0.1) is 26.5 Å². The van der Waals surface area contributed by atoms with E-state index in [1.165, 1.54) is 13.3 Å². The highest BCUT2D eigenvalue weighted by atomic mass is 35.5. The molecule has 23 heavy (non-hydrogen) atoms. The van der Waals surface area contributed by atoms with Gasteiger partial charge < -0.3 is 19.5 Å². The second kappa shape index (κ2) is 7.43. The predicted molar refractivity (Wildman–Crippen MR) is 85.0 cm³/mol. The Hall–Kier alpha value is -2.12. The fourth-order valence-electron chi connectivity index (χ4n) is 2.16. The molecule has 1 aliphatic rings. The van der Waals surface area contributed by atoms with Gasteiger partial charge in [0.15, 0.2) is 5.82 Å². The van der Waals surface area contributed by atoms with E-state index < -0.39 is 0 Å². The molecule has 0 radical (unpaired) electrons. The minimum atomic E-state index is 0.0753. The van der Waals surface area contributed by atoms with Crippen molar-refractivity contribution in [2.45, 2.75) is 19.1 Å². The highest BCUT2D eigenvalue weighted by molar-refractivity contribution is 6.32. The molecule has 1 aliphatic heterocycles. The first kappa shape index (κ1) is 15.8. The minimum absolute atomic E-state index is 0.0753. The van der Waals surface area contributed by atoms with Crippen LogP contribution in [0.25, 0.3) is 0 Å². The van der Waals surface area contributed by atoms with Crippen LogP contribution in [0.15, 0.2) is 24.5 Å². The molecule has 122 valence electrons. The minimum Gasteiger partial charge on any atom is -0.472 e. The number of anilines is 1. The van der Waals surface area contributed by atoms with Crippen molar-refractivity contribution in [1.82, 2.24) is 15.0 Å². The molecule has 0 amide bonds. The molecule has 1 saturated heterocycles. The summed E-state index contributed by atoms with van der Waals surface area (Å²) in [4.78, 5) is 12.3. The van der Waals surface area contributed by atoms with Crippen LogP contribution in [-0.4, -0.2) is 41.4 Å². The van der Waals surface area contributed by atoms with E-state index in [2.05, 4.69) is 20.3 Å². The van der Waals surface area contributed by atoms with Crippen LogP contribution in [-0.2, 0) is 11.3 Å². The lowest BCUT2D eigenvalue weighted by atomic mass is 10.2. The molecule has 1 N–H and O–H groups in total. The van der Waals surface area contributed by atoms with E-state index in [-0.39, 0.29) is 12.1 Å². The Kier molecular flexibility index (Phi) is 5.09. The third-order valence-corrected chi connectivity index (χ3v) is 3.62. The van der Waals surface area contributed by atoms with Gasteiger partial charge in [0.25, 0.3) is 0 Å². The summed E-state index contributed by atoms with van der Waals surface area (Å²) in [5.74, 6) is 1.10. The van der Waals surface area contributed by atoms with Crippen molar-refractivity contribution in [3.63, 3.8) is 0 Å². The molecular weight excluding hydrogens is 320 g/mol. The fourth-order valence-corrected chi connectivity index (χ4v) is 2.32. The lowest BCUT2D eigenvalue weighted by Crippen LogP contribution is -2.16. The largest absolute Gasteiger partial charge is 0.472 e. The van der Waals surface area contributed by atoms with Crippen LogP contribution in [0, 0.1) is 0 Å². The summed E-state index contributed by atoms with van der Waals surface area (Å²) in [5, 5.41) is 3.58. The predicted octanol–water partition coefficient (Wildman–Crippen LogP) is 2.31. The Morgan fingerprint density at radius 1 is 1.43 bits per heavy atom. The second-order valence-electron chi connectivity index (χ2n) is 5.01.